The molecule has 0 saturated carbocycles. The van der Waals surface area contributed by atoms with Gasteiger partial charge >= 0.3 is 0 Å². The zero-order valence-corrected chi connectivity index (χ0v) is 24.7. The number of piperazine rings is 1. The first-order chi connectivity index (χ1) is 19.5. The van der Waals surface area contributed by atoms with Crippen molar-refractivity contribution in [1.82, 2.24) is 24.6 Å². The maximum absolute atomic E-state index is 12.9. The largest absolute Gasteiger partial charge is 0.339 e. The molecule has 1 aliphatic rings. The molecule has 0 bridgehead atoms. The standard InChI is InChI=1S/C31H35N5O2S2/c1-23-11-6-7-14-26(23)36-28(21-25-12-4-3-5-13-25)32-33-31(36)40-19-9-8-16-29(37)34-17-18-35(24(2)22-34)30(38)27-15-10-20-39-27/h3-7,10-15,20,24H,8-9,16-19,21-22H2,1-2H3. The van der Waals surface area contributed by atoms with E-state index in [1.807, 2.05) is 64.6 Å². The van der Waals surface area contributed by atoms with E-state index >= 15 is 0 Å². The van der Waals surface area contributed by atoms with Gasteiger partial charge in [-0.1, -0.05) is 66.4 Å². The Bertz CT molecular complexity index is 1420. The van der Waals surface area contributed by atoms with E-state index in [0.29, 0.717) is 32.5 Å². The number of thioether (sulfide) groups is 1. The molecule has 2 aromatic heterocycles. The van der Waals surface area contributed by atoms with Gasteiger partial charge in [-0.05, 0) is 55.3 Å². The van der Waals surface area contributed by atoms with Crippen LogP contribution in [0.5, 0.6) is 0 Å². The summed E-state index contributed by atoms with van der Waals surface area (Å²) in [5.74, 6) is 2.02. The monoisotopic (exact) mass is 573 g/mol. The number of hydrogen-bond acceptors (Lipinski definition) is 6. The Kier molecular flexibility index (Phi) is 9.34. The number of aromatic nitrogens is 3. The Morgan fingerprint density at radius 1 is 0.975 bits per heavy atom. The molecule has 5 rings (SSSR count). The van der Waals surface area contributed by atoms with E-state index in [1.54, 1.807) is 11.8 Å². The molecule has 0 radical (unpaired) electrons. The van der Waals surface area contributed by atoms with Gasteiger partial charge in [-0.15, -0.1) is 21.5 Å². The molecule has 1 saturated heterocycles. The minimum atomic E-state index is 0.0146. The van der Waals surface area contributed by atoms with Gasteiger partial charge in [0.2, 0.25) is 5.91 Å². The molecule has 1 atom stereocenters. The third kappa shape index (κ3) is 6.64. The number of aryl methyl sites for hydroxylation is 1. The molecule has 3 heterocycles. The van der Waals surface area contributed by atoms with Crippen molar-refractivity contribution in [2.24, 2.45) is 0 Å². The first kappa shape index (κ1) is 28.1. The lowest BCUT2D eigenvalue weighted by Gasteiger charge is -2.39. The Morgan fingerprint density at radius 2 is 1.77 bits per heavy atom. The molecule has 1 aliphatic heterocycles. The average molecular weight is 574 g/mol. The molecule has 2 aromatic carbocycles. The Labute approximate surface area is 244 Å². The summed E-state index contributed by atoms with van der Waals surface area (Å²) in [6.07, 6.45) is 2.97. The predicted octanol–water partition coefficient (Wildman–Crippen LogP) is 5.86. The average Bonchev–Trinajstić information content (AvgIpc) is 3.64. The van der Waals surface area contributed by atoms with Crippen LogP contribution in [0.2, 0.25) is 0 Å². The van der Waals surface area contributed by atoms with Crippen LogP contribution in [0.1, 0.15) is 52.8 Å². The van der Waals surface area contributed by atoms with Crippen LogP contribution in [0.25, 0.3) is 5.69 Å². The van der Waals surface area contributed by atoms with Crippen LogP contribution in [0.4, 0.5) is 0 Å². The minimum Gasteiger partial charge on any atom is -0.339 e. The van der Waals surface area contributed by atoms with E-state index in [-0.39, 0.29) is 17.9 Å². The number of amides is 2. The van der Waals surface area contributed by atoms with Gasteiger partial charge in [0.25, 0.3) is 5.91 Å². The van der Waals surface area contributed by atoms with Crippen LogP contribution in [0.15, 0.2) is 77.3 Å². The fourth-order valence-electron chi connectivity index (χ4n) is 5.07. The summed E-state index contributed by atoms with van der Waals surface area (Å²) in [5, 5.41) is 11.9. The molecule has 1 unspecified atom stereocenters. The number of carbonyl (C=O) groups is 2. The summed E-state index contributed by atoms with van der Waals surface area (Å²) in [5.41, 5.74) is 3.48. The van der Waals surface area contributed by atoms with E-state index in [4.69, 9.17) is 0 Å². The molecule has 1 fully saturated rings. The maximum Gasteiger partial charge on any atom is 0.264 e. The van der Waals surface area contributed by atoms with Gasteiger partial charge in [0.05, 0.1) is 10.6 Å². The molecule has 208 valence electrons. The van der Waals surface area contributed by atoms with Crippen molar-refractivity contribution >= 4 is 34.9 Å². The summed E-state index contributed by atoms with van der Waals surface area (Å²) < 4.78 is 2.18. The first-order valence-corrected chi connectivity index (χ1v) is 15.7. The van der Waals surface area contributed by atoms with Gasteiger partial charge in [-0.25, -0.2) is 0 Å². The topological polar surface area (TPSA) is 71.3 Å². The number of unbranched alkanes of at least 4 members (excludes halogenated alkanes) is 1. The summed E-state index contributed by atoms with van der Waals surface area (Å²) in [7, 11) is 0. The normalized spacial score (nSPS) is 15.4. The van der Waals surface area contributed by atoms with Crippen LogP contribution >= 0.6 is 23.1 Å². The van der Waals surface area contributed by atoms with Gasteiger partial charge in [-0.3, -0.25) is 14.2 Å². The number of thiophene rings is 1. The molecular formula is C31H35N5O2S2. The van der Waals surface area contributed by atoms with Crippen molar-refractivity contribution in [3.05, 3.63) is 93.9 Å². The SMILES string of the molecule is Cc1ccccc1-n1c(Cc2ccccc2)nnc1SCCCCC(=O)N1CCN(C(=O)c2cccs2)C(C)C1. The van der Waals surface area contributed by atoms with E-state index in [1.165, 1.54) is 22.5 Å². The number of carbonyl (C=O) groups excluding carboxylic acids is 2. The van der Waals surface area contributed by atoms with Crippen molar-refractivity contribution in [1.29, 1.82) is 0 Å². The van der Waals surface area contributed by atoms with Crippen molar-refractivity contribution in [2.45, 2.75) is 50.7 Å². The molecule has 7 nitrogen and oxygen atoms in total. The highest BCUT2D eigenvalue weighted by molar-refractivity contribution is 7.99. The number of nitrogens with zero attached hydrogens (tertiary/aromatic N) is 5. The van der Waals surface area contributed by atoms with E-state index in [9.17, 15) is 9.59 Å². The molecular weight excluding hydrogens is 539 g/mol. The van der Waals surface area contributed by atoms with E-state index in [2.05, 4.69) is 46.0 Å². The quantitative estimate of drug-likeness (QED) is 0.175. The predicted molar refractivity (Wildman–Crippen MR) is 161 cm³/mol. The fourth-order valence-corrected chi connectivity index (χ4v) is 6.71. The number of hydrogen-bond donors (Lipinski definition) is 0. The highest BCUT2D eigenvalue weighted by Crippen LogP contribution is 2.26. The highest BCUT2D eigenvalue weighted by Gasteiger charge is 2.30. The minimum absolute atomic E-state index is 0.0146. The van der Waals surface area contributed by atoms with Crippen molar-refractivity contribution in [3.8, 4) is 5.69 Å². The second-order valence-electron chi connectivity index (χ2n) is 10.2. The zero-order chi connectivity index (χ0) is 27.9. The first-order valence-electron chi connectivity index (χ1n) is 13.8. The molecule has 4 aromatic rings. The van der Waals surface area contributed by atoms with Gasteiger partial charge in [-0.2, -0.15) is 0 Å². The second-order valence-corrected chi connectivity index (χ2v) is 12.2. The lowest BCUT2D eigenvalue weighted by atomic mass is 10.1. The summed E-state index contributed by atoms with van der Waals surface area (Å²) in [4.78, 5) is 30.2. The Balaban J connectivity index is 1.13. The fraction of sp³-hybridized carbons (Fsp3) is 0.355. The van der Waals surface area contributed by atoms with Crippen molar-refractivity contribution in [3.63, 3.8) is 0 Å². The van der Waals surface area contributed by atoms with E-state index in [0.717, 1.165) is 40.1 Å². The molecule has 2 amide bonds. The molecule has 0 spiro atoms. The van der Waals surface area contributed by atoms with Gasteiger partial charge in [0.15, 0.2) is 5.16 Å². The van der Waals surface area contributed by atoms with Gasteiger partial charge < -0.3 is 9.80 Å². The van der Waals surface area contributed by atoms with Gasteiger partial charge in [0, 0.05) is 44.3 Å². The smallest absolute Gasteiger partial charge is 0.264 e. The molecule has 0 aliphatic carbocycles. The van der Waals surface area contributed by atoms with Crippen LogP contribution < -0.4 is 0 Å². The molecule has 0 N–H and O–H groups in total. The maximum atomic E-state index is 12.9. The second kappa shape index (κ2) is 13.3. The summed E-state index contributed by atoms with van der Waals surface area (Å²) in [6, 6.07) is 22.4. The third-order valence-corrected chi connectivity index (χ3v) is 9.12. The van der Waals surface area contributed by atoms with Crippen LogP contribution in [0.3, 0.4) is 0 Å². The number of para-hydroxylation sites is 1. The van der Waals surface area contributed by atoms with Crippen LogP contribution in [0, 0.1) is 6.92 Å². The number of benzene rings is 2. The highest BCUT2D eigenvalue weighted by atomic mass is 32.2. The van der Waals surface area contributed by atoms with E-state index < -0.39 is 0 Å². The number of rotatable bonds is 10. The Hall–Kier alpha value is -3.43. The zero-order valence-electron chi connectivity index (χ0n) is 23.0. The lowest BCUT2D eigenvalue weighted by Crippen LogP contribution is -2.55. The van der Waals surface area contributed by atoms with Gasteiger partial charge in [0.1, 0.15) is 5.82 Å². The van der Waals surface area contributed by atoms with Crippen LogP contribution in [-0.2, 0) is 11.2 Å². The Morgan fingerprint density at radius 3 is 2.52 bits per heavy atom. The van der Waals surface area contributed by atoms with Crippen molar-refractivity contribution < 1.29 is 9.59 Å². The lowest BCUT2D eigenvalue weighted by molar-refractivity contribution is -0.133. The third-order valence-electron chi connectivity index (χ3n) is 7.25. The molecule has 9 heteroatoms. The van der Waals surface area contributed by atoms with Crippen LogP contribution in [-0.4, -0.2) is 67.8 Å². The summed E-state index contributed by atoms with van der Waals surface area (Å²) >= 11 is 3.16. The summed E-state index contributed by atoms with van der Waals surface area (Å²) in [6.45, 7) is 5.91. The molecule has 40 heavy (non-hydrogen) atoms. The van der Waals surface area contributed by atoms with Crippen molar-refractivity contribution in [2.75, 3.05) is 25.4 Å².